The Labute approximate surface area is 153 Å². The standard InChI is InChI=1S/C16H14N4O3S2/c21-14(22)2-1-7-19-15(23)13(25-16(19)24)8-11-3-5-12(6-4-11)20-10-17-9-18-20/h3-6,8-10H,1-2,7H2,(H,21,22)/b13-8-. The predicted molar refractivity (Wildman–Crippen MR) is 98.1 cm³/mol. The van der Waals surface area contributed by atoms with E-state index in [0.717, 1.165) is 11.3 Å². The van der Waals surface area contributed by atoms with Gasteiger partial charge in [0.1, 0.15) is 17.0 Å². The Balaban J connectivity index is 1.70. The highest BCUT2D eigenvalue weighted by atomic mass is 32.2. The van der Waals surface area contributed by atoms with Gasteiger partial charge in [0.2, 0.25) is 0 Å². The lowest BCUT2D eigenvalue weighted by Crippen LogP contribution is -2.29. The molecule has 0 aliphatic carbocycles. The van der Waals surface area contributed by atoms with Crippen molar-refractivity contribution in [1.29, 1.82) is 0 Å². The van der Waals surface area contributed by atoms with Crippen molar-refractivity contribution >= 4 is 46.3 Å². The molecule has 1 amide bonds. The molecule has 0 bridgehead atoms. The highest BCUT2D eigenvalue weighted by Gasteiger charge is 2.31. The summed E-state index contributed by atoms with van der Waals surface area (Å²) in [6.45, 7) is 0.319. The van der Waals surface area contributed by atoms with E-state index in [1.54, 1.807) is 17.1 Å². The van der Waals surface area contributed by atoms with Gasteiger partial charge < -0.3 is 5.11 Å². The Morgan fingerprint density at radius 3 is 2.72 bits per heavy atom. The number of thiocarbonyl (C=S) groups is 1. The molecule has 1 fully saturated rings. The van der Waals surface area contributed by atoms with Crippen LogP contribution in [0.15, 0.2) is 41.8 Å². The summed E-state index contributed by atoms with van der Waals surface area (Å²) < 4.78 is 2.10. The molecule has 0 saturated carbocycles. The van der Waals surface area contributed by atoms with E-state index in [2.05, 4.69) is 10.1 Å². The molecule has 7 nitrogen and oxygen atoms in total. The average molecular weight is 374 g/mol. The lowest BCUT2D eigenvalue weighted by Gasteiger charge is -2.13. The predicted octanol–water partition coefficient (Wildman–Crippen LogP) is 2.33. The molecule has 128 valence electrons. The molecule has 0 spiro atoms. The van der Waals surface area contributed by atoms with Crippen LogP contribution in [0.5, 0.6) is 0 Å². The van der Waals surface area contributed by atoms with Gasteiger partial charge in [0.05, 0.1) is 10.6 Å². The first-order valence-electron chi connectivity index (χ1n) is 7.47. The summed E-state index contributed by atoms with van der Waals surface area (Å²) in [4.78, 5) is 28.9. The zero-order valence-electron chi connectivity index (χ0n) is 13.0. The second kappa shape index (κ2) is 7.58. The Kier molecular flexibility index (Phi) is 5.25. The molecule has 1 aromatic carbocycles. The minimum absolute atomic E-state index is 0.0137. The number of carbonyl (C=O) groups is 2. The maximum Gasteiger partial charge on any atom is 0.303 e. The van der Waals surface area contributed by atoms with Gasteiger partial charge in [-0.25, -0.2) is 9.67 Å². The molecule has 1 aliphatic heterocycles. The Morgan fingerprint density at radius 1 is 1.32 bits per heavy atom. The summed E-state index contributed by atoms with van der Waals surface area (Å²) in [6.07, 6.45) is 5.24. The number of benzene rings is 1. The Bertz CT molecular complexity index is 832. The van der Waals surface area contributed by atoms with E-state index in [9.17, 15) is 9.59 Å². The zero-order chi connectivity index (χ0) is 17.8. The number of hydrogen-bond donors (Lipinski definition) is 1. The lowest BCUT2D eigenvalue weighted by molar-refractivity contribution is -0.137. The summed E-state index contributed by atoms with van der Waals surface area (Å²) in [7, 11) is 0. The fraction of sp³-hybridized carbons (Fsp3) is 0.188. The third-order valence-electron chi connectivity index (χ3n) is 3.52. The van der Waals surface area contributed by atoms with Crippen LogP contribution in [0.4, 0.5) is 0 Å². The fourth-order valence-corrected chi connectivity index (χ4v) is 3.61. The van der Waals surface area contributed by atoms with E-state index in [1.165, 1.54) is 23.0 Å². The van der Waals surface area contributed by atoms with Gasteiger partial charge in [-0.3, -0.25) is 14.5 Å². The summed E-state index contributed by atoms with van der Waals surface area (Å²) in [5, 5.41) is 12.8. The highest BCUT2D eigenvalue weighted by Crippen LogP contribution is 2.32. The van der Waals surface area contributed by atoms with Crippen molar-refractivity contribution in [1.82, 2.24) is 19.7 Å². The molecule has 1 saturated heterocycles. The first-order valence-corrected chi connectivity index (χ1v) is 8.69. The van der Waals surface area contributed by atoms with E-state index < -0.39 is 5.97 Å². The minimum atomic E-state index is -0.881. The van der Waals surface area contributed by atoms with Gasteiger partial charge in [-0.2, -0.15) is 5.10 Å². The topological polar surface area (TPSA) is 88.3 Å². The summed E-state index contributed by atoms with van der Waals surface area (Å²) in [6, 6.07) is 7.53. The molecule has 1 aliphatic rings. The number of carboxylic acid groups (broad SMARTS) is 1. The van der Waals surface area contributed by atoms with Crippen LogP contribution in [0.2, 0.25) is 0 Å². The summed E-state index contributed by atoms with van der Waals surface area (Å²) in [5.74, 6) is -1.06. The van der Waals surface area contributed by atoms with Crippen molar-refractivity contribution < 1.29 is 14.7 Å². The van der Waals surface area contributed by atoms with Gasteiger partial charge in [0.15, 0.2) is 0 Å². The highest BCUT2D eigenvalue weighted by molar-refractivity contribution is 8.26. The quantitative estimate of drug-likeness (QED) is 0.613. The first-order chi connectivity index (χ1) is 12.0. The number of carbonyl (C=O) groups excluding carboxylic acids is 1. The van der Waals surface area contributed by atoms with E-state index in [0.29, 0.717) is 22.2 Å². The van der Waals surface area contributed by atoms with Gasteiger partial charge in [-0.1, -0.05) is 36.1 Å². The number of amides is 1. The van der Waals surface area contributed by atoms with E-state index in [-0.39, 0.29) is 12.3 Å². The monoisotopic (exact) mass is 374 g/mol. The van der Waals surface area contributed by atoms with Crippen molar-refractivity contribution in [3.05, 3.63) is 47.4 Å². The van der Waals surface area contributed by atoms with Crippen molar-refractivity contribution in [2.45, 2.75) is 12.8 Å². The van der Waals surface area contributed by atoms with Crippen LogP contribution in [0, 0.1) is 0 Å². The molecule has 1 aromatic heterocycles. The number of rotatable bonds is 6. The van der Waals surface area contributed by atoms with Gasteiger partial charge in [0, 0.05) is 13.0 Å². The number of aromatic nitrogens is 3. The van der Waals surface area contributed by atoms with Gasteiger partial charge in [-0.05, 0) is 30.2 Å². The van der Waals surface area contributed by atoms with Crippen LogP contribution in [0.1, 0.15) is 18.4 Å². The normalized spacial score (nSPS) is 16.0. The lowest BCUT2D eigenvalue weighted by atomic mass is 10.2. The Hall–Kier alpha value is -2.52. The summed E-state index contributed by atoms with van der Waals surface area (Å²) >= 11 is 6.46. The SMILES string of the molecule is O=C(O)CCCN1C(=O)/C(=C/c2ccc(-n3cncn3)cc2)SC1=S. The molecule has 0 radical (unpaired) electrons. The Morgan fingerprint density at radius 2 is 2.08 bits per heavy atom. The number of hydrogen-bond acceptors (Lipinski definition) is 6. The third-order valence-corrected chi connectivity index (χ3v) is 4.90. The maximum absolute atomic E-state index is 12.4. The molecule has 0 unspecified atom stereocenters. The van der Waals surface area contributed by atoms with E-state index in [1.807, 2.05) is 24.3 Å². The average Bonchev–Trinajstić information content (AvgIpc) is 3.20. The zero-order valence-corrected chi connectivity index (χ0v) is 14.7. The fourth-order valence-electron chi connectivity index (χ4n) is 2.30. The van der Waals surface area contributed by atoms with E-state index >= 15 is 0 Å². The molecule has 2 aromatic rings. The number of carboxylic acids is 1. The molecule has 2 heterocycles. The van der Waals surface area contributed by atoms with Crippen molar-refractivity contribution in [2.75, 3.05) is 6.54 Å². The molecule has 1 N–H and O–H groups in total. The van der Waals surface area contributed by atoms with Crippen LogP contribution >= 0.6 is 24.0 Å². The second-order valence-corrected chi connectivity index (χ2v) is 6.94. The van der Waals surface area contributed by atoms with Gasteiger partial charge >= 0.3 is 5.97 Å². The van der Waals surface area contributed by atoms with Crippen LogP contribution in [0.3, 0.4) is 0 Å². The molecule has 0 atom stereocenters. The molecule has 25 heavy (non-hydrogen) atoms. The van der Waals surface area contributed by atoms with E-state index in [4.69, 9.17) is 17.3 Å². The molecular weight excluding hydrogens is 360 g/mol. The smallest absolute Gasteiger partial charge is 0.303 e. The van der Waals surface area contributed by atoms with Crippen molar-refractivity contribution in [3.8, 4) is 5.69 Å². The van der Waals surface area contributed by atoms with Gasteiger partial charge in [-0.15, -0.1) is 0 Å². The number of thioether (sulfide) groups is 1. The van der Waals surface area contributed by atoms with Crippen LogP contribution < -0.4 is 0 Å². The number of aliphatic carboxylic acids is 1. The van der Waals surface area contributed by atoms with Crippen molar-refractivity contribution in [2.24, 2.45) is 0 Å². The molecular formula is C16H14N4O3S2. The number of nitrogens with zero attached hydrogens (tertiary/aromatic N) is 4. The summed E-state index contributed by atoms with van der Waals surface area (Å²) in [5.41, 5.74) is 1.74. The third kappa shape index (κ3) is 4.12. The largest absolute Gasteiger partial charge is 0.481 e. The van der Waals surface area contributed by atoms with Crippen LogP contribution in [0.25, 0.3) is 11.8 Å². The second-order valence-electron chi connectivity index (χ2n) is 5.26. The van der Waals surface area contributed by atoms with Crippen LogP contribution in [-0.4, -0.2) is 47.5 Å². The molecule has 9 heteroatoms. The minimum Gasteiger partial charge on any atom is -0.481 e. The van der Waals surface area contributed by atoms with Gasteiger partial charge in [0.25, 0.3) is 5.91 Å². The van der Waals surface area contributed by atoms with Crippen LogP contribution in [-0.2, 0) is 9.59 Å². The van der Waals surface area contributed by atoms with Crippen molar-refractivity contribution in [3.63, 3.8) is 0 Å². The molecule has 3 rings (SSSR count). The maximum atomic E-state index is 12.4. The first kappa shape index (κ1) is 17.3.